The van der Waals surface area contributed by atoms with E-state index in [-0.39, 0.29) is 22.5 Å². The largest absolute Gasteiger partial charge is 0.495 e. The number of carbonyl (C=O) groups is 2. The Labute approximate surface area is 157 Å². The summed E-state index contributed by atoms with van der Waals surface area (Å²) >= 11 is 1.25. The van der Waals surface area contributed by atoms with Crippen LogP contribution in [0.1, 0.15) is 18.9 Å². The predicted octanol–water partition coefficient (Wildman–Crippen LogP) is 1.79. The third kappa shape index (κ3) is 5.91. The minimum Gasteiger partial charge on any atom is -0.495 e. The van der Waals surface area contributed by atoms with Crippen molar-refractivity contribution in [2.45, 2.75) is 31.6 Å². The van der Waals surface area contributed by atoms with Crippen LogP contribution in [0.4, 0.5) is 5.69 Å². The molecule has 0 bridgehead atoms. The summed E-state index contributed by atoms with van der Waals surface area (Å²) in [5.74, 6) is -0.217. The molecule has 0 unspecified atom stereocenters. The molecule has 0 saturated carbocycles. The summed E-state index contributed by atoms with van der Waals surface area (Å²) < 4.78 is 33.2. The normalized spacial score (nSPS) is 19.6. The van der Waals surface area contributed by atoms with E-state index in [1.54, 1.807) is 12.1 Å². The zero-order valence-corrected chi connectivity index (χ0v) is 16.6. The standard InChI is InChI=1S/C17H23NO6S2/c1-11-4-5-15(23-3)14(8-11)18-17(20)12(2)24-16(19)9-25-13-6-7-26(21,22)10-13/h4-5,8,12-13H,6-7,9-10H2,1-3H3,(H,18,20)/t12-,13+/m1/s1. The van der Waals surface area contributed by atoms with Crippen molar-refractivity contribution in [1.82, 2.24) is 0 Å². The number of amides is 1. The minimum absolute atomic E-state index is 0.0194. The Bertz CT molecular complexity index is 777. The number of carbonyl (C=O) groups excluding carboxylic acids is 2. The smallest absolute Gasteiger partial charge is 0.316 e. The molecule has 144 valence electrons. The van der Waals surface area contributed by atoms with Gasteiger partial charge in [-0.15, -0.1) is 11.8 Å². The van der Waals surface area contributed by atoms with E-state index < -0.39 is 27.8 Å². The van der Waals surface area contributed by atoms with Crippen LogP contribution in [0.15, 0.2) is 18.2 Å². The van der Waals surface area contributed by atoms with Crippen molar-refractivity contribution in [3.8, 4) is 5.75 Å². The van der Waals surface area contributed by atoms with Gasteiger partial charge in [-0.25, -0.2) is 8.42 Å². The maximum atomic E-state index is 12.2. The number of thioether (sulfide) groups is 1. The molecule has 0 spiro atoms. The number of anilines is 1. The summed E-state index contributed by atoms with van der Waals surface area (Å²) in [5.41, 5.74) is 1.46. The van der Waals surface area contributed by atoms with Crippen LogP contribution in [0.2, 0.25) is 0 Å². The maximum absolute atomic E-state index is 12.2. The number of methoxy groups -OCH3 is 1. The van der Waals surface area contributed by atoms with Crippen LogP contribution in [-0.2, 0) is 24.2 Å². The first kappa shape index (κ1) is 20.6. The third-order valence-electron chi connectivity index (χ3n) is 3.92. The fourth-order valence-corrected chi connectivity index (χ4v) is 5.94. The SMILES string of the molecule is COc1ccc(C)cc1NC(=O)[C@@H](C)OC(=O)CS[C@H]1CCS(=O)(=O)C1. The van der Waals surface area contributed by atoms with Gasteiger partial charge >= 0.3 is 5.97 Å². The first-order valence-corrected chi connectivity index (χ1v) is 11.0. The average molecular weight is 402 g/mol. The van der Waals surface area contributed by atoms with Gasteiger partial charge < -0.3 is 14.8 Å². The number of hydrogen-bond acceptors (Lipinski definition) is 7. The van der Waals surface area contributed by atoms with E-state index >= 15 is 0 Å². The third-order valence-corrected chi connectivity index (χ3v) is 7.17. The monoisotopic (exact) mass is 401 g/mol. The quantitative estimate of drug-likeness (QED) is 0.696. The van der Waals surface area contributed by atoms with Crippen molar-refractivity contribution in [2.24, 2.45) is 0 Å². The number of rotatable bonds is 7. The zero-order chi connectivity index (χ0) is 19.3. The highest BCUT2D eigenvalue weighted by Crippen LogP contribution is 2.26. The molecule has 1 aliphatic heterocycles. The van der Waals surface area contributed by atoms with Gasteiger partial charge in [0, 0.05) is 5.25 Å². The van der Waals surface area contributed by atoms with E-state index in [9.17, 15) is 18.0 Å². The molecule has 1 amide bonds. The van der Waals surface area contributed by atoms with E-state index in [4.69, 9.17) is 9.47 Å². The Morgan fingerprint density at radius 1 is 1.38 bits per heavy atom. The van der Waals surface area contributed by atoms with E-state index in [2.05, 4.69) is 5.32 Å². The van der Waals surface area contributed by atoms with Crippen molar-refractivity contribution < 1.29 is 27.5 Å². The molecule has 1 heterocycles. The van der Waals surface area contributed by atoms with Crippen LogP contribution >= 0.6 is 11.8 Å². The van der Waals surface area contributed by atoms with Crippen molar-refractivity contribution >= 4 is 39.2 Å². The Morgan fingerprint density at radius 3 is 2.73 bits per heavy atom. The summed E-state index contributed by atoms with van der Waals surface area (Å²) in [4.78, 5) is 24.2. The topological polar surface area (TPSA) is 98.8 Å². The molecule has 0 radical (unpaired) electrons. The first-order chi connectivity index (χ1) is 12.2. The molecule has 0 aromatic heterocycles. The van der Waals surface area contributed by atoms with Gasteiger partial charge in [0.15, 0.2) is 15.9 Å². The maximum Gasteiger partial charge on any atom is 0.316 e. The van der Waals surface area contributed by atoms with Crippen molar-refractivity contribution in [2.75, 3.05) is 29.7 Å². The second kappa shape index (κ2) is 8.77. The molecule has 0 aliphatic carbocycles. The lowest BCUT2D eigenvalue weighted by Gasteiger charge is -2.16. The second-order valence-corrected chi connectivity index (χ2v) is 9.68. The second-order valence-electron chi connectivity index (χ2n) is 6.16. The Balaban J connectivity index is 1.83. The lowest BCUT2D eigenvalue weighted by atomic mass is 10.2. The van der Waals surface area contributed by atoms with Crippen LogP contribution in [0.5, 0.6) is 5.75 Å². The molecule has 26 heavy (non-hydrogen) atoms. The van der Waals surface area contributed by atoms with Gasteiger partial charge in [-0.05, 0) is 38.0 Å². The molecule has 2 rings (SSSR count). The lowest BCUT2D eigenvalue weighted by Crippen LogP contribution is -2.31. The van der Waals surface area contributed by atoms with E-state index in [0.29, 0.717) is 17.9 Å². The average Bonchev–Trinajstić information content (AvgIpc) is 2.92. The number of nitrogens with one attached hydrogen (secondary N) is 1. The highest BCUT2D eigenvalue weighted by molar-refractivity contribution is 8.02. The molecule has 2 atom stereocenters. The molecule has 9 heteroatoms. The van der Waals surface area contributed by atoms with Crippen molar-refractivity contribution in [3.05, 3.63) is 23.8 Å². The summed E-state index contributed by atoms with van der Waals surface area (Å²) in [6, 6.07) is 5.37. The van der Waals surface area contributed by atoms with E-state index in [1.807, 2.05) is 13.0 Å². The highest BCUT2D eigenvalue weighted by atomic mass is 32.2. The molecule has 7 nitrogen and oxygen atoms in total. The Hall–Kier alpha value is -1.74. The molecule has 1 saturated heterocycles. The van der Waals surface area contributed by atoms with Gasteiger partial charge in [0.05, 0.1) is 30.1 Å². The van der Waals surface area contributed by atoms with Gasteiger partial charge in [-0.3, -0.25) is 9.59 Å². The number of esters is 1. The number of ether oxygens (including phenoxy) is 2. The number of aryl methyl sites for hydroxylation is 1. The van der Waals surface area contributed by atoms with Crippen molar-refractivity contribution in [3.63, 3.8) is 0 Å². The minimum atomic E-state index is -2.97. The highest BCUT2D eigenvalue weighted by Gasteiger charge is 2.29. The van der Waals surface area contributed by atoms with Gasteiger partial charge in [0.1, 0.15) is 5.75 Å². The van der Waals surface area contributed by atoms with Crippen LogP contribution in [0, 0.1) is 6.92 Å². The number of benzene rings is 1. The molecular formula is C17H23NO6S2. The Kier molecular flexibility index (Phi) is 6.94. The van der Waals surface area contributed by atoms with Crippen LogP contribution in [-0.4, -0.2) is 56.0 Å². The summed E-state index contributed by atoms with van der Waals surface area (Å²) in [7, 11) is -1.47. The molecule has 1 aliphatic rings. The van der Waals surface area contributed by atoms with Crippen molar-refractivity contribution in [1.29, 1.82) is 0 Å². The van der Waals surface area contributed by atoms with Crippen LogP contribution in [0.25, 0.3) is 0 Å². The molecular weight excluding hydrogens is 378 g/mol. The zero-order valence-electron chi connectivity index (χ0n) is 15.0. The Morgan fingerprint density at radius 2 is 2.12 bits per heavy atom. The first-order valence-electron chi connectivity index (χ1n) is 8.17. The fourth-order valence-electron chi connectivity index (χ4n) is 2.52. The molecule has 1 N–H and O–H groups in total. The fraction of sp³-hybridized carbons (Fsp3) is 0.529. The van der Waals surface area contributed by atoms with E-state index in [0.717, 1.165) is 5.56 Å². The number of sulfone groups is 1. The van der Waals surface area contributed by atoms with E-state index in [1.165, 1.54) is 25.8 Å². The number of hydrogen-bond donors (Lipinski definition) is 1. The van der Waals surface area contributed by atoms with Gasteiger partial charge in [0.25, 0.3) is 5.91 Å². The molecule has 1 fully saturated rings. The summed E-state index contributed by atoms with van der Waals surface area (Å²) in [5, 5.41) is 2.60. The summed E-state index contributed by atoms with van der Waals surface area (Å²) in [6.07, 6.45) is -0.427. The van der Waals surface area contributed by atoms with Crippen LogP contribution in [0.3, 0.4) is 0 Å². The van der Waals surface area contributed by atoms with Gasteiger partial charge in [0.2, 0.25) is 0 Å². The molecule has 1 aromatic carbocycles. The lowest BCUT2D eigenvalue weighted by molar-refractivity contribution is -0.150. The van der Waals surface area contributed by atoms with Crippen LogP contribution < -0.4 is 10.1 Å². The molecule has 1 aromatic rings. The van der Waals surface area contributed by atoms with Gasteiger partial charge in [-0.2, -0.15) is 0 Å². The summed E-state index contributed by atoms with van der Waals surface area (Å²) in [6.45, 7) is 3.37. The van der Waals surface area contributed by atoms with Gasteiger partial charge in [-0.1, -0.05) is 6.07 Å². The predicted molar refractivity (Wildman–Crippen MR) is 101 cm³/mol.